The molecule has 25 heavy (non-hydrogen) atoms. The van der Waals surface area contributed by atoms with Gasteiger partial charge in [-0.15, -0.1) is 0 Å². The molecule has 1 amide bonds. The maximum atomic E-state index is 12.7. The van der Waals surface area contributed by atoms with E-state index in [1.165, 1.54) is 0 Å². The minimum Gasteiger partial charge on any atom is -0.444 e. The summed E-state index contributed by atoms with van der Waals surface area (Å²) in [6, 6.07) is 2.36. The minimum atomic E-state index is -0.466. The zero-order valence-electron chi connectivity index (χ0n) is 15.0. The molecule has 0 radical (unpaired) electrons. The highest BCUT2D eigenvalue weighted by Crippen LogP contribution is 2.33. The Morgan fingerprint density at radius 2 is 1.96 bits per heavy atom. The molecule has 2 bridgehead atoms. The van der Waals surface area contributed by atoms with Crippen molar-refractivity contribution in [1.29, 1.82) is 0 Å². The van der Waals surface area contributed by atoms with Gasteiger partial charge in [-0.05, 0) is 46.1 Å². The van der Waals surface area contributed by atoms with Gasteiger partial charge in [-0.1, -0.05) is 0 Å². The Bertz CT molecular complexity index is 767. The maximum Gasteiger partial charge on any atom is 0.410 e. The summed E-state index contributed by atoms with van der Waals surface area (Å²) in [4.78, 5) is 28.9. The molecule has 2 saturated heterocycles. The predicted molar refractivity (Wildman–Crippen MR) is 95.6 cm³/mol. The third-order valence-electron chi connectivity index (χ3n) is 4.96. The van der Waals surface area contributed by atoms with Gasteiger partial charge in [-0.2, -0.15) is 0 Å². The number of aromatic amines is 1. The Balaban J connectivity index is 1.59. The van der Waals surface area contributed by atoms with E-state index in [0.29, 0.717) is 0 Å². The standard InChI is InChI=1S/C18H25N5O2/c1-18(2,3)25-17(24)23-12-5-4-6-13(23)10-22(9-12)16-14-7-8-19-15(14)20-11-21-16/h7-8,11-13H,4-6,9-10H2,1-3H3,(H,19,20,21). The van der Waals surface area contributed by atoms with Gasteiger partial charge in [0.25, 0.3) is 0 Å². The summed E-state index contributed by atoms with van der Waals surface area (Å²) in [5, 5.41) is 1.03. The lowest BCUT2D eigenvalue weighted by Gasteiger charge is -2.50. The van der Waals surface area contributed by atoms with E-state index in [1.54, 1.807) is 6.33 Å². The van der Waals surface area contributed by atoms with Crippen LogP contribution in [0.4, 0.5) is 10.6 Å². The summed E-state index contributed by atoms with van der Waals surface area (Å²) in [6.07, 6.45) is 6.48. The van der Waals surface area contributed by atoms with Crippen molar-refractivity contribution in [2.45, 2.75) is 57.7 Å². The van der Waals surface area contributed by atoms with E-state index in [0.717, 1.165) is 49.2 Å². The topological polar surface area (TPSA) is 74.3 Å². The number of piperazine rings is 1. The summed E-state index contributed by atoms with van der Waals surface area (Å²) in [6.45, 7) is 7.32. The number of carbonyl (C=O) groups is 1. The number of hydrogen-bond acceptors (Lipinski definition) is 5. The number of aromatic nitrogens is 3. The average molecular weight is 343 g/mol. The first kappa shape index (κ1) is 16.2. The number of rotatable bonds is 1. The molecule has 2 aromatic heterocycles. The number of nitrogens with one attached hydrogen (secondary N) is 1. The summed E-state index contributed by atoms with van der Waals surface area (Å²) in [7, 11) is 0. The van der Waals surface area contributed by atoms with Crippen LogP contribution < -0.4 is 4.90 Å². The van der Waals surface area contributed by atoms with Gasteiger partial charge < -0.3 is 14.6 Å². The number of anilines is 1. The van der Waals surface area contributed by atoms with Gasteiger partial charge in [-0.25, -0.2) is 14.8 Å². The summed E-state index contributed by atoms with van der Waals surface area (Å²) >= 11 is 0. The molecular weight excluding hydrogens is 318 g/mol. The second kappa shape index (κ2) is 5.89. The number of hydrogen-bond donors (Lipinski definition) is 1. The zero-order valence-corrected chi connectivity index (χ0v) is 15.0. The molecule has 134 valence electrons. The number of H-pyrrole nitrogens is 1. The Kier molecular flexibility index (Phi) is 3.81. The lowest BCUT2D eigenvalue weighted by atomic mass is 9.91. The summed E-state index contributed by atoms with van der Waals surface area (Å²) < 4.78 is 5.65. The molecule has 2 unspecified atom stereocenters. The van der Waals surface area contributed by atoms with Crippen molar-refractivity contribution in [3.05, 3.63) is 18.6 Å². The number of ether oxygens (including phenoxy) is 1. The van der Waals surface area contributed by atoms with Gasteiger partial charge in [0.2, 0.25) is 0 Å². The molecule has 7 heteroatoms. The predicted octanol–water partition coefficient (Wildman–Crippen LogP) is 2.94. The number of fused-ring (bicyclic) bond motifs is 3. The highest BCUT2D eigenvalue weighted by atomic mass is 16.6. The lowest BCUT2D eigenvalue weighted by molar-refractivity contribution is -0.00974. The van der Waals surface area contributed by atoms with E-state index in [1.807, 2.05) is 37.9 Å². The molecule has 2 aliphatic heterocycles. The highest BCUT2D eigenvalue weighted by Gasteiger charge is 2.42. The molecule has 4 rings (SSSR count). The van der Waals surface area contributed by atoms with E-state index in [9.17, 15) is 4.79 Å². The third-order valence-corrected chi connectivity index (χ3v) is 4.96. The molecule has 2 fully saturated rings. The van der Waals surface area contributed by atoms with Gasteiger partial charge in [0, 0.05) is 19.3 Å². The van der Waals surface area contributed by atoms with Gasteiger partial charge in [0.15, 0.2) is 0 Å². The van der Waals surface area contributed by atoms with Crippen LogP contribution in [0.3, 0.4) is 0 Å². The van der Waals surface area contributed by atoms with Gasteiger partial charge >= 0.3 is 6.09 Å². The van der Waals surface area contributed by atoms with Crippen LogP contribution in [0.25, 0.3) is 11.0 Å². The zero-order chi connectivity index (χ0) is 17.6. The second-order valence-corrected chi connectivity index (χ2v) is 7.97. The van der Waals surface area contributed by atoms with Crippen molar-refractivity contribution in [3.8, 4) is 0 Å². The van der Waals surface area contributed by atoms with E-state index in [2.05, 4.69) is 19.9 Å². The molecule has 0 aliphatic carbocycles. The first-order valence-electron chi connectivity index (χ1n) is 8.97. The molecule has 2 aliphatic rings. The average Bonchev–Trinajstić information content (AvgIpc) is 3.00. The van der Waals surface area contributed by atoms with Gasteiger partial charge in [0.1, 0.15) is 23.4 Å². The molecular formula is C18H25N5O2. The van der Waals surface area contributed by atoms with Crippen molar-refractivity contribution in [2.75, 3.05) is 18.0 Å². The molecule has 0 aromatic carbocycles. The fourth-order valence-electron chi connectivity index (χ4n) is 4.00. The highest BCUT2D eigenvalue weighted by molar-refractivity contribution is 5.87. The Hall–Kier alpha value is -2.31. The molecule has 0 spiro atoms. The van der Waals surface area contributed by atoms with Crippen molar-refractivity contribution < 1.29 is 9.53 Å². The van der Waals surface area contributed by atoms with Crippen LogP contribution in [-0.2, 0) is 4.74 Å². The molecule has 7 nitrogen and oxygen atoms in total. The van der Waals surface area contributed by atoms with Crippen LogP contribution in [0.1, 0.15) is 40.0 Å². The fraction of sp³-hybridized carbons (Fsp3) is 0.611. The first-order chi connectivity index (χ1) is 11.9. The van der Waals surface area contributed by atoms with Crippen molar-refractivity contribution in [2.24, 2.45) is 0 Å². The Morgan fingerprint density at radius 3 is 2.64 bits per heavy atom. The quantitative estimate of drug-likeness (QED) is 0.862. The molecule has 2 aromatic rings. The molecule has 2 atom stereocenters. The third kappa shape index (κ3) is 3.03. The van der Waals surface area contributed by atoms with Crippen molar-refractivity contribution in [1.82, 2.24) is 19.9 Å². The second-order valence-electron chi connectivity index (χ2n) is 7.97. The number of carbonyl (C=O) groups excluding carboxylic acids is 1. The van der Waals surface area contributed by atoms with Crippen LogP contribution in [-0.4, -0.2) is 56.7 Å². The SMILES string of the molecule is CC(C)(C)OC(=O)N1C2CCCC1CN(c1ncnc3[nH]ccc13)C2. The first-order valence-corrected chi connectivity index (χ1v) is 8.97. The van der Waals surface area contributed by atoms with Crippen LogP contribution in [0, 0.1) is 0 Å². The van der Waals surface area contributed by atoms with E-state index in [-0.39, 0.29) is 18.2 Å². The van der Waals surface area contributed by atoms with Crippen molar-refractivity contribution >= 4 is 22.9 Å². The molecule has 1 N–H and O–H groups in total. The van der Waals surface area contributed by atoms with Crippen LogP contribution in [0.2, 0.25) is 0 Å². The van der Waals surface area contributed by atoms with E-state index >= 15 is 0 Å². The minimum absolute atomic E-state index is 0.173. The van der Waals surface area contributed by atoms with Gasteiger partial charge in [-0.3, -0.25) is 4.90 Å². The summed E-state index contributed by atoms with van der Waals surface area (Å²) in [5.41, 5.74) is 0.386. The monoisotopic (exact) mass is 343 g/mol. The van der Waals surface area contributed by atoms with Crippen molar-refractivity contribution in [3.63, 3.8) is 0 Å². The fourth-order valence-corrected chi connectivity index (χ4v) is 4.00. The van der Waals surface area contributed by atoms with E-state index < -0.39 is 5.60 Å². The van der Waals surface area contributed by atoms with E-state index in [4.69, 9.17) is 4.74 Å². The largest absolute Gasteiger partial charge is 0.444 e. The van der Waals surface area contributed by atoms with Crippen LogP contribution >= 0.6 is 0 Å². The Labute approximate surface area is 147 Å². The van der Waals surface area contributed by atoms with Gasteiger partial charge in [0.05, 0.1) is 17.5 Å². The molecule has 0 saturated carbocycles. The van der Waals surface area contributed by atoms with Crippen LogP contribution in [0.15, 0.2) is 18.6 Å². The Morgan fingerprint density at radius 1 is 1.24 bits per heavy atom. The lowest BCUT2D eigenvalue weighted by Crippen LogP contribution is -2.63. The number of piperidine rings is 1. The van der Waals surface area contributed by atoms with Crippen LogP contribution in [0.5, 0.6) is 0 Å². The number of amides is 1. The smallest absolute Gasteiger partial charge is 0.410 e. The molecule has 4 heterocycles. The number of nitrogens with zero attached hydrogens (tertiary/aromatic N) is 4. The summed E-state index contributed by atoms with van der Waals surface area (Å²) in [5.74, 6) is 0.951. The maximum absolute atomic E-state index is 12.7. The normalized spacial score (nSPS) is 23.8.